The van der Waals surface area contributed by atoms with Crippen molar-refractivity contribution in [3.63, 3.8) is 0 Å². The maximum Gasteiger partial charge on any atom is 0.325 e. The predicted octanol–water partition coefficient (Wildman–Crippen LogP) is 2.40. The molecule has 1 aromatic heterocycles. The van der Waals surface area contributed by atoms with Crippen LogP contribution in [0.25, 0.3) is 0 Å². The van der Waals surface area contributed by atoms with Gasteiger partial charge in [0.25, 0.3) is 0 Å². The highest BCUT2D eigenvalue weighted by Gasteiger charge is 2.24. The van der Waals surface area contributed by atoms with Crippen LogP contribution in [0.5, 0.6) is 0 Å². The number of rotatable bonds is 5. The van der Waals surface area contributed by atoms with E-state index in [-0.39, 0.29) is 0 Å². The van der Waals surface area contributed by atoms with E-state index in [1.807, 2.05) is 35.7 Å². The molecule has 0 aliphatic rings. The Morgan fingerprint density at radius 2 is 2.17 bits per heavy atom. The molecule has 18 heavy (non-hydrogen) atoms. The lowest BCUT2D eigenvalue weighted by Crippen LogP contribution is -2.30. The Hall–Kier alpha value is -1.72. The van der Waals surface area contributed by atoms with Crippen LogP contribution in [0.2, 0.25) is 0 Å². The fraction of sp³-hybridized carbons (Fsp3) is 0.231. The number of hydrogen-bond acceptors (Lipinski definition) is 4. The fourth-order valence-corrected chi connectivity index (χ4v) is 2.43. The highest BCUT2D eigenvalue weighted by atomic mass is 32.1. The van der Waals surface area contributed by atoms with Crippen molar-refractivity contribution in [1.29, 1.82) is 0 Å². The van der Waals surface area contributed by atoms with Crippen LogP contribution in [0.15, 0.2) is 41.2 Å². The van der Waals surface area contributed by atoms with Crippen molar-refractivity contribution in [2.24, 2.45) is 0 Å². The Labute approximate surface area is 110 Å². The van der Waals surface area contributed by atoms with Crippen molar-refractivity contribution in [3.05, 3.63) is 52.5 Å². The molecule has 1 unspecified atom stereocenters. The molecule has 4 nitrogen and oxygen atoms in total. The molecule has 94 valence electrons. The second-order valence-electron chi connectivity index (χ2n) is 4.05. The summed E-state index contributed by atoms with van der Waals surface area (Å²) in [6.45, 7) is 0.523. The van der Waals surface area contributed by atoms with Crippen molar-refractivity contribution in [2.75, 3.05) is 7.05 Å². The van der Waals surface area contributed by atoms with Crippen LogP contribution in [0.3, 0.4) is 0 Å². The van der Waals surface area contributed by atoms with Gasteiger partial charge in [0.15, 0.2) is 0 Å². The van der Waals surface area contributed by atoms with E-state index in [1.165, 1.54) is 11.3 Å². The summed E-state index contributed by atoms with van der Waals surface area (Å²) >= 11 is 1.51. The van der Waals surface area contributed by atoms with Crippen LogP contribution >= 0.6 is 11.3 Å². The Bertz CT molecular complexity index is 499. The Balaban J connectivity index is 2.18. The van der Waals surface area contributed by atoms with Gasteiger partial charge in [0.2, 0.25) is 0 Å². The summed E-state index contributed by atoms with van der Waals surface area (Å²) in [6, 6.07) is 8.59. The Morgan fingerprint density at radius 3 is 2.72 bits per heavy atom. The predicted molar refractivity (Wildman–Crippen MR) is 70.4 cm³/mol. The molecule has 1 N–H and O–H groups in total. The van der Waals surface area contributed by atoms with Gasteiger partial charge < -0.3 is 5.11 Å². The number of hydrogen-bond donors (Lipinski definition) is 1. The van der Waals surface area contributed by atoms with Crippen LogP contribution in [0.1, 0.15) is 17.3 Å². The molecular formula is C13H14N2O2S. The maximum atomic E-state index is 11.4. The van der Waals surface area contributed by atoms with Gasteiger partial charge in [-0.25, -0.2) is 4.98 Å². The molecule has 0 saturated heterocycles. The van der Waals surface area contributed by atoms with E-state index in [4.69, 9.17) is 0 Å². The average molecular weight is 262 g/mol. The molecule has 2 rings (SSSR count). The minimum atomic E-state index is -0.848. The number of thiazole rings is 1. The summed E-state index contributed by atoms with van der Waals surface area (Å²) < 4.78 is 0. The molecule has 0 radical (unpaired) electrons. The zero-order chi connectivity index (χ0) is 13.0. The van der Waals surface area contributed by atoms with Gasteiger partial charge in [-0.3, -0.25) is 9.69 Å². The number of aliphatic carboxylic acids is 1. The number of likely N-dealkylation sites (N-methyl/N-ethyl adjacent to an activating group) is 1. The first-order valence-corrected chi connectivity index (χ1v) is 6.48. The second kappa shape index (κ2) is 5.75. The third-order valence-corrected chi connectivity index (χ3v) is 3.32. The first-order chi connectivity index (χ1) is 8.68. The Morgan fingerprint density at radius 1 is 1.44 bits per heavy atom. The van der Waals surface area contributed by atoms with E-state index >= 15 is 0 Å². The van der Waals surface area contributed by atoms with Gasteiger partial charge in [0.1, 0.15) is 6.04 Å². The number of carboxylic acids is 1. The summed E-state index contributed by atoms with van der Waals surface area (Å²) in [5, 5.41) is 11.3. The van der Waals surface area contributed by atoms with Crippen molar-refractivity contribution < 1.29 is 9.90 Å². The lowest BCUT2D eigenvalue weighted by molar-refractivity contribution is -0.143. The van der Waals surface area contributed by atoms with E-state index in [0.717, 1.165) is 11.3 Å². The lowest BCUT2D eigenvalue weighted by Gasteiger charge is -2.24. The van der Waals surface area contributed by atoms with Gasteiger partial charge in [-0.05, 0) is 12.6 Å². The molecule has 1 atom stereocenters. The maximum absolute atomic E-state index is 11.4. The molecule has 0 aliphatic carbocycles. The average Bonchev–Trinajstić information content (AvgIpc) is 2.83. The molecule has 1 heterocycles. The normalized spacial score (nSPS) is 12.6. The minimum absolute atomic E-state index is 0.523. The number of benzene rings is 1. The zero-order valence-corrected chi connectivity index (χ0v) is 10.8. The molecule has 0 spiro atoms. The number of aromatic nitrogens is 1. The monoisotopic (exact) mass is 262 g/mol. The third-order valence-electron chi connectivity index (χ3n) is 2.68. The first kappa shape index (κ1) is 12.7. The molecule has 5 heteroatoms. The number of carbonyl (C=O) groups is 1. The van der Waals surface area contributed by atoms with Crippen molar-refractivity contribution >= 4 is 17.3 Å². The van der Waals surface area contributed by atoms with Crippen molar-refractivity contribution in [3.8, 4) is 0 Å². The van der Waals surface area contributed by atoms with E-state index in [1.54, 1.807) is 17.5 Å². The molecule has 0 bridgehead atoms. The summed E-state index contributed by atoms with van der Waals surface area (Å²) in [7, 11) is 1.80. The largest absolute Gasteiger partial charge is 0.480 e. The van der Waals surface area contributed by atoms with Gasteiger partial charge >= 0.3 is 5.97 Å². The topological polar surface area (TPSA) is 53.4 Å². The second-order valence-corrected chi connectivity index (χ2v) is 4.77. The van der Waals surface area contributed by atoms with Gasteiger partial charge in [-0.1, -0.05) is 30.3 Å². The van der Waals surface area contributed by atoms with Gasteiger partial charge in [0, 0.05) is 11.9 Å². The standard InChI is InChI=1S/C13H14N2O2S/c1-15(7-11-8-18-9-14-11)12(13(16)17)10-5-3-2-4-6-10/h2-6,8-9,12H,7H2,1H3,(H,16,17). The van der Waals surface area contributed by atoms with E-state index in [2.05, 4.69) is 4.98 Å². The Kier molecular flexibility index (Phi) is 4.07. The molecule has 0 aliphatic heterocycles. The minimum Gasteiger partial charge on any atom is -0.480 e. The van der Waals surface area contributed by atoms with E-state index < -0.39 is 12.0 Å². The third kappa shape index (κ3) is 2.94. The molecule has 0 fully saturated rings. The summed E-state index contributed by atoms with van der Waals surface area (Å²) in [5.41, 5.74) is 3.42. The van der Waals surface area contributed by atoms with Crippen LogP contribution in [0.4, 0.5) is 0 Å². The lowest BCUT2D eigenvalue weighted by atomic mass is 10.1. The highest BCUT2D eigenvalue weighted by molar-refractivity contribution is 7.07. The molecule has 0 saturated carbocycles. The van der Waals surface area contributed by atoms with Gasteiger partial charge in [-0.2, -0.15) is 0 Å². The summed E-state index contributed by atoms with van der Waals surface area (Å²) in [5.74, 6) is -0.848. The van der Waals surface area contributed by atoms with Crippen LogP contribution in [-0.4, -0.2) is 28.0 Å². The number of carboxylic acid groups (broad SMARTS) is 1. The van der Waals surface area contributed by atoms with E-state index in [0.29, 0.717) is 6.54 Å². The van der Waals surface area contributed by atoms with Gasteiger partial charge in [-0.15, -0.1) is 11.3 Å². The molecule has 1 aromatic carbocycles. The van der Waals surface area contributed by atoms with E-state index in [9.17, 15) is 9.90 Å². The zero-order valence-electron chi connectivity index (χ0n) is 9.98. The van der Waals surface area contributed by atoms with Gasteiger partial charge in [0.05, 0.1) is 11.2 Å². The van der Waals surface area contributed by atoms with Crippen LogP contribution in [0, 0.1) is 0 Å². The fourth-order valence-electron chi connectivity index (χ4n) is 1.88. The first-order valence-electron chi connectivity index (χ1n) is 5.53. The van der Waals surface area contributed by atoms with Crippen molar-refractivity contribution in [1.82, 2.24) is 9.88 Å². The summed E-state index contributed by atoms with van der Waals surface area (Å²) in [4.78, 5) is 17.4. The van der Waals surface area contributed by atoms with Crippen LogP contribution < -0.4 is 0 Å². The number of nitrogens with zero attached hydrogens (tertiary/aromatic N) is 2. The smallest absolute Gasteiger partial charge is 0.325 e. The highest BCUT2D eigenvalue weighted by Crippen LogP contribution is 2.21. The summed E-state index contributed by atoms with van der Waals surface area (Å²) in [6.07, 6.45) is 0. The molecule has 0 amide bonds. The molecular weight excluding hydrogens is 248 g/mol. The quantitative estimate of drug-likeness (QED) is 0.899. The SMILES string of the molecule is CN(Cc1cscn1)C(C(=O)O)c1ccccc1. The molecule has 2 aromatic rings. The van der Waals surface area contributed by atoms with Crippen LogP contribution in [-0.2, 0) is 11.3 Å². The van der Waals surface area contributed by atoms with Crippen molar-refractivity contribution in [2.45, 2.75) is 12.6 Å².